The Morgan fingerprint density at radius 1 is 1.48 bits per heavy atom. The third kappa shape index (κ3) is 4.70. The van der Waals surface area contributed by atoms with Gasteiger partial charge in [0.05, 0.1) is 17.2 Å². The Labute approximate surface area is 132 Å². The maximum absolute atomic E-state index is 4.78. The van der Waals surface area contributed by atoms with Gasteiger partial charge < -0.3 is 10.2 Å². The minimum absolute atomic E-state index is 0.504. The van der Waals surface area contributed by atoms with Crippen LogP contribution in [0, 0.1) is 5.92 Å². The molecule has 118 valence electrons. The molecule has 0 bridgehead atoms. The van der Waals surface area contributed by atoms with Crippen molar-refractivity contribution in [3.05, 3.63) is 16.1 Å². The Kier molecular flexibility index (Phi) is 6.03. The van der Waals surface area contributed by atoms with Gasteiger partial charge in [-0.2, -0.15) is 0 Å². The van der Waals surface area contributed by atoms with E-state index in [1.807, 2.05) is 0 Å². The van der Waals surface area contributed by atoms with E-state index in [2.05, 4.69) is 48.3 Å². The predicted molar refractivity (Wildman–Crippen MR) is 91.0 cm³/mol. The fraction of sp³-hybridized carbons (Fsp3) is 0.750. The van der Waals surface area contributed by atoms with E-state index < -0.39 is 0 Å². The minimum Gasteiger partial charge on any atom is -0.357 e. The van der Waals surface area contributed by atoms with E-state index in [1.165, 1.54) is 17.8 Å². The second-order valence-electron chi connectivity index (χ2n) is 6.17. The van der Waals surface area contributed by atoms with E-state index in [0.29, 0.717) is 12.5 Å². The van der Waals surface area contributed by atoms with Crippen molar-refractivity contribution in [1.82, 2.24) is 15.2 Å². The van der Waals surface area contributed by atoms with Crippen LogP contribution in [0.5, 0.6) is 0 Å². The third-order valence-electron chi connectivity index (χ3n) is 3.87. The number of thiazole rings is 1. The van der Waals surface area contributed by atoms with Gasteiger partial charge in [0, 0.05) is 30.9 Å². The average Bonchev–Trinajstić information content (AvgIpc) is 2.93. The molecule has 21 heavy (non-hydrogen) atoms. The van der Waals surface area contributed by atoms with Gasteiger partial charge in [-0.25, -0.2) is 9.98 Å². The van der Waals surface area contributed by atoms with Crippen molar-refractivity contribution in [3.8, 4) is 0 Å². The zero-order chi connectivity index (χ0) is 15.2. The molecule has 1 N–H and O–H groups in total. The van der Waals surface area contributed by atoms with E-state index >= 15 is 0 Å². The fourth-order valence-electron chi connectivity index (χ4n) is 2.46. The summed E-state index contributed by atoms with van der Waals surface area (Å²) in [4.78, 5) is 11.8. The van der Waals surface area contributed by atoms with E-state index in [9.17, 15) is 0 Å². The molecule has 2 rings (SSSR count). The van der Waals surface area contributed by atoms with Crippen LogP contribution in [0.15, 0.2) is 10.4 Å². The van der Waals surface area contributed by atoms with Gasteiger partial charge in [-0.1, -0.05) is 20.8 Å². The summed E-state index contributed by atoms with van der Waals surface area (Å²) in [5, 5.41) is 6.76. The van der Waals surface area contributed by atoms with Crippen molar-refractivity contribution < 1.29 is 0 Å². The van der Waals surface area contributed by atoms with Gasteiger partial charge in [-0.3, -0.25) is 0 Å². The summed E-state index contributed by atoms with van der Waals surface area (Å²) in [5.41, 5.74) is 1.09. The molecule has 0 amide bonds. The summed E-state index contributed by atoms with van der Waals surface area (Å²) < 4.78 is 0. The van der Waals surface area contributed by atoms with Gasteiger partial charge in [0.25, 0.3) is 0 Å². The van der Waals surface area contributed by atoms with Crippen LogP contribution in [0.1, 0.15) is 57.2 Å². The second-order valence-corrected chi connectivity index (χ2v) is 7.06. The highest BCUT2D eigenvalue weighted by Crippen LogP contribution is 2.20. The van der Waals surface area contributed by atoms with Crippen LogP contribution in [-0.2, 0) is 6.54 Å². The topological polar surface area (TPSA) is 40.5 Å². The third-order valence-corrected chi connectivity index (χ3v) is 5.07. The van der Waals surface area contributed by atoms with Crippen LogP contribution >= 0.6 is 11.3 Å². The molecule has 4 nitrogen and oxygen atoms in total. The Hall–Kier alpha value is -1.10. The summed E-state index contributed by atoms with van der Waals surface area (Å²) in [6, 6.07) is 0. The predicted octanol–water partition coefficient (Wildman–Crippen LogP) is 3.46. The molecule has 0 unspecified atom stereocenters. The summed E-state index contributed by atoms with van der Waals surface area (Å²) in [7, 11) is 0. The molecule has 1 aliphatic heterocycles. The molecule has 1 aromatic heterocycles. The summed E-state index contributed by atoms with van der Waals surface area (Å²) >= 11 is 1.74. The largest absolute Gasteiger partial charge is 0.357 e. The average molecular weight is 308 g/mol. The van der Waals surface area contributed by atoms with Gasteiger partial charge in [0.2, 0.25) is 0 Å². The molecular weight excluding hydrogens is 280 g/mol. The van der Waals surface area contributed by atoms with E-state index in [1.54, 1.807) is 11.3 Å². The first-order chi connectivity index (χ1) is 10.1. The molecule has 1 fully saturated rings. The van der Waals surface area contributed by atoms with Crippen molar-refractivity contribution in [2.45, 2.75) is 53.0 Å². The maximum atomic E-state index is 4.78. The zero-order valence-electron chi connectivity index (χ0n) is 13.7. The van der Waals surface area contributed by atoms with Gasteiger partial charge in [0.15, 0.2) is 5.96 Å². The van der Waals surface area contributed by atoms with Crippen LogP contribution in [0.4, 0.5) is 0 Å². The fourth-order valence-corrected chi connectivity index (χ4v) is 3.29. The molecule has 0 aliphatic carbocycles. The van der Waals surface area contributed by atoms with Gasteiger partial charge in [0.1, 0.15) is 0 Å². The lowest BCUT2D eigenvalue weighted by Crippen LogP contribution is -2.45. The van der Waals surface area contributed by atoms with Crippen molar-refractivity contribution in [2.24, 2.45) is 10.9 Å². The van der Waals surface area contributed by atoms with Crippen molar-refractivity contribution in [1.29, 1.82) is 0 Å². The highest BCUT2D eigenvalue weighted by molar-refractivity contribution is 7.09. The standard InChI is InChI=1S/C16H28N4S/c1-5-17-16(20-8-6-13(4)7-9-20)18-10-14-11-21-15(19-14)12(2)3/h11-13H,5-10H2,1-4H3,(H,17,18). The Balaban J connectivity index is 1.99. The van der Waals surface area contributed by atoms with Crippen LogP contribution in [0.25, 0.3) is 0 Å². The summed E-state index contributed by atoms with van der Waals surface area (Å²) in [6.45, 7) is 12.7. The number of piperidine rings is 1. The van der Waals surface area contributed by atoms with Crippen LogP contribution in [-0.4, -0.2) is 35.5 Å². The number of rotatable bonds is 4. The summed E-state index contributed by atoms with van der Waals surface area (Å²) in [6.07, 6.45) is 2.53. The van der Waals surface area contributed by atoms with Gasteiger partial charge >= 0.3 is 0 Å². The van der Waals surface area contributed by atoms with E-state index in [0.717, 1.165) is 37.2 Å². The Bertz CT molecular complexity index is 459. The molecule has 1 saturated heterocycles. The minimum atomic E-state index is 0.504. The van der Waals surface area contributed by atoms with Gasteiger partial charge in [-0.15, -0.1) is 11.3 Å². The lowest BCUT2D eigenvalue weighted by Gasteiger charge is -2.32. The molecular formula is C16H28N4S. The first-order valence-corrected chi connectivity index (χ1v) is 8.95. The van der Waals surface area contributed by atoms with Crippen molar-refractivity contribution in [2.75, 3.05) is 19.6 Å². The van der Waals surface area contributed by atoms with Crippen LogP contribution in [0.3, 0.4) is 0 Å². The number of aromatic nitrogens is 1. The zero-order valence-corrected chi connectivity index (χ0v) is 14.5. The number of nitrogens with zero attached hydrogens (tertiary/aromatic N) is 3. The number of hydrogen-bond acceptors (Lipinski definition) is 3. The summed E-state index contributed by atoms with van der Waals surface area (Å²) in [5.74, 6) is 2.39. The molecule has 0 spiro atoms. The molecule has 2 heterocycles. The number of hydrogen-bond donors (Lipinski definition) is 1. The lowest BCUT2D eigenvalue weighted by atomic mass is 10.00. The lowest BCUT2D eigenvalue weighted by molar-refractivity contribution is 0.273. The highest BCUT2D eigenvalue weighted by atomic mass is 32.1. The molecule has 0 radical (unpaired) electrons. The van der Waals surface area contributed by atoms with Crippen molar-refractivity contribution in [3.63, 3.8) is 0 Å². The maximum Gasteiger partial charge on any atom is 0.194 e. The van der Waals surface area contributed by atoms with Crippen molar-refractivity contribution >= 4 is 17.3 Å². The molecule has 5 heteroatoms. The molecule has 0 atom stereocenters. The van der Waals surface area contributed by atoms with E-state index in [4.69, 9.17) is 4.99 Å². The smallest absolute Gasteiger partial charge is 0.194 e. The normalized spacial score (nSPS) is 17.6. The quantitative estimate of drug-likeness (QED) is 0.684. The first-order valence-electron chi connectivity index (χ1n) is 8.07. The van der Waals surface area contributed by atoms with E-state index in [-0.39, 0.29) is 0 Å². The first kappa shape index (κ1) is 16.3. The number of guanidine groups is 1. The molecule has 1 aromatic rings. The molecule has 0 saturated carbocycles. The monoisotopic (exact) mass is 308 g/mol. The van der Waals surface area contributed by atoms with Gasteiger partial charge in [-0.05, 0) is 25.7 Å². The Morgan fingerprint density at radius 3 is 2.76 bits per heavy atom. The number of nitrogens with one attached hydrogen (secondary N) is 1. The number of aliphatic imine (C=N–C) groups is 1. The number of likely N-dealkylation sites (tertiary alicyclic amines) is 1. The van der Waals surface area contributed by atoms with Crippen LogP contribution < -0.4 is 5.32 Å². The Morgan fingerprint density at radius 2 is 2.19 bits per heavy atom. The van der Waals surface area contributed by atoms with Crippen LogP contribution in [0.2, 0.25) is 0 Å². The molecule has 1 aliphatic rings. The molecule has 0 aromatic carbocycles. The second kappa shape index (κ2) is 7.78. The highest BCUT2D eigenvalue weighted by Gasteiger charge is 2.18. The SMILES string of the molecule is CCNC(=NCc1csc(C(C)C)n1)N1CCC(C)CC1.